The lowest BCUT2D eigenvalue weighted by molar-refractivity contribution is 0.0525. The molecule has 2 aromatic rings. The highest BCUT2D eigenvalue weighted by Gasteiger charge is 2.09. The molecule has 15 heavy (non-hydrogen) atoms. The van der Waals surface area contributed by atoms with E-state index < -0.39 is 5.97 Å². The number of esters is 1. The predicted octanol–water partition coefficient (Wildman–Crippen LogP) is 1.67. The van der Waals surface area contributed by atoms with E-state index in [1.807, 2.05) is 0 Å². The topological polar surface area (TPSA) is 56.5 Å². The molecule has 0 spiro atoms. The lowest BCUT2D eigenvalue weighted by atomic mass is 10.3. The summed E-state index contributed by atoms with van der Waals surface area (Å²) >= 11 is 3.30. The van der Waals surface area contributed by atoms with Gasteiger partial charge in [0.1, 0.15) is 0 Å². The summed E-state index contributed by atoms with van der Waals surface area (Å²) in [4.78, 5) is 15.5. The summed E-state index contributed by atoms with van der Waals surface area (Å²) in [6.45, 7) is 2.11. The Hall–Kier alpha value is -1.43. The van der Waals surface area contributed by atoms with Crippen LogP contribution in [0.4, 0.5) is 0 Å². The molecule has 0 saturated heterocycles. The van der Waals surface area contributed by atoms with E-state index >= 15 is 0 Å². The van der Waals surface area contributed by atoms with Crippen molar-refractivity contribution in [3.8, 4) is 0 Å². The van der Waals surface area contributed by atoms with E-state index in [4.69, 9.17) is 4.74 Å². The molecule has 0 N–H and O–H groups in total. The van der Waals surface area contributed by atoms with Crippen LogP contribution in [0.1, 0.15) is 17.3 Å². The summed E-state index contributed by atoms with van der Waals surface area (Å²) in [7, 11) is 0. The average Bonchev–Trinajstić information content (AvgIpc) is 2.60. The molecule has 6 heteroatoms. The Morgan fingerprint density at radius 2 is 2.40 bits per heavy atom. The molecule has 5 nitrogen and oxygen atoms in total. The average molecular weight is 270 g/mol. The molecular weight excluding hydrogens is 262 g/mol. The highest BCUT2D eigenvalue weighted by molar-refractivity contribution is 9.10. The summed E-state index contributed by atoms with van der Waals surface area (Å²) in [6.07, 6.45) is 4.68. The molecule has 0 aliphatic heterocycles. The standard InChI is InChI=1S/C9H8BrN3O2/c1-2-15-9(14)6-3-11-8-7(10)4-12-13(8)5-6/h3-5H,2H2,1H3. The van der Waals surface area contributed by atoms with Gasteiger partial charge in [-0.3, -0.25) is 0 Å². The van der Waals surface area contributed by atoms with E-state index in [1.165, 1.54) is 10.7 Å². The molecule has 0 atom stereocenters. The van der Waals surface area contributed by atoms with Crippen molar-refractivity contribution in [2.45, 2.75) is 6.92 Å². The van der Waals surface area contributed by atoms with Crippen molar-refractivity contribution in [3.63, 3.8) is 0 Å². The largest absolute Gasteiger partial charge is 0.462 e. The zero-order valence-electron chi connectivity index (χ0n) is 7.98. The summed E-state index contributed by atoms with van der Waals surface area (Å²) in [5.74, 6) is -0.390. The van der Waals surface area contributed by atoms with Gasteiger partial charge in [0.05, 0.1) is 22.8 Å². The number of aromatic nitrogens is 3. The molecule has 0 aliphatic rings. The number of carbonyl (C=O) groups is 1. The first-order valence-electron chi connectivity index (χ1n) is 4.38. The minimum absolute atomic E-state index is 0.347. The molecule has 2 aromatic heterocycles. The van der Waals surface area contributed by atoms with Crippen molar-refractivity contribution in [2.24, 2.45) is 0 Å². The number of hydrogen-bond donors (Lipinski definition) is 0. The number of carbonyl (C=O) groups excluding carboxylic acids is 1. The minimum atomic E-state index is -0.390. The smallest absolute Gasteiger partial charge is 0.341 e. The van der Waals surface area contributed by atoms with Gasteiger partial charge in [0.2, 0.25) is 0 Å². The van der Waals surface area contributed by atoms with Crippen LogP contribution in [-0.4, -0.2) is 27.2 Å². The lowest BCUT2D eigenvalue weighted by Crippen LogP contribution is -2.07. The molecule has 0 aliphatic carbocycles. The van der Waals surface area contributed by atoms with Crippen LogP contribution < -0.4 is 0 Å². The van der Waals surface area contributed by atoms with Gasteiger partial charge < -0.3 is 4.74 Å². The number of halogens is 1. The maximum atomic E-state index is 11.4. The van der Waals surface area contributed by atoms with Gasteiger partial charge in [-0.25, -0.2) is 14.3 Å². The van der Waals surface area contributed by atoms with Crippen LogP contribution in [0.5, 0.6) is 0 Å². The molecular formula is C9H8BrN3O2. The Labute approximate surface area is 94.2 Å². The third kappa shape index (κ3) is 1.85. The molecule has 78 valence electrons. The van der Waals surface area contributed by atoms with E-state index in [0.717, 1.165) is 4.47 Å². The third-order valence-corrected chi connectivity index (χ3v) is 2.38. The number of fused-ring (bicyclic) bond motifs is 1. The summed E-state index contributed by atoms with van der Waals surface area (Å²) in [5.41, 5.74) is 1.06. The van der Waals surface area contributed by atoms with Gasteiger partial charge >= 0.3 is 5.97 Å². The number of hydrogen-bond acceptors (Lipinski definition) is 4. The summed E-state index contributed by atoms with van der Waals surface area (Å²) in [6, 6.07) is 0. The van der Waals surface area contributed by atoms with Crippen LogP contribution in [0, 0.1) is 0 Å². The molecule has 0 unspecified atom stereocenters. The maximum Gasteiger partial charge on any atom is 0.341 e. The third-order valence-electron chi connectivity index (χ3n) is 1.82. The second-order valence-electron chi connectivity index (χ2n) is 2.82. The van der Waals surface area contributed by atoms with Gasteiger partial charge in [-0.2, -0.15) is 5.10 Å². The zero-order valence-corrected chi connectivity index (χ0v) is 9.56. The van der Waals surface area contributed by atoms with Crippen molar-refractivity contribution in [3.05, 3.63) is 28.6 Å². The van der Waals surface area contributed by atoms with Crippen molar-refractivity contribution < 1.29 is 9.53 Å². The lowest BCUT2D eigenvalue weighted by Gasteiger charge is -2.01. The first-order valence-corrected chi connectivity index (χ1v) is 5.17. The van der Waals surface area contributed by atoms with Gasteiger partial charge in [-0.1, -0.05) is 0 Å². The highest BCUT2D eigenvalue weighted by Crippen LogP contribution is 2.15. The summed E-state index contributed by atoms with van der Waals surface area (Å²) in [5, 5.41) is 4.02. The van der Waals surface area contributed by atoms with E-state index in [0.29, 0.717) is 17.8 Å². The van der Waals surface area contributed by atoms with E-state index in [2.05, 4.69) is 26.0 Å². The van der Waals surface area contributed by atoms with Gasteiger partial charge in [0, 0.05) is 12.4 Å². The Morgan fingerprint density at radius 1 is 1.60 bits per heavy atom. The maximum absolute atomic E-state index is 11.4. The van der Waals surface area contributed by atoms with Gasteiger partial charge in [0.25, 0.3) is 0 Å². The van der Waals surface area contributed by atoms with Crippen molar-refractivity contribution in [1.29, 1.82) is 0 Å². The quantitative estimate of drug-likeness (QED) is 0.779. The fourth-order valence-corrected chi connectivity index (χ4v) is 1.54. The normalized spacial score (nSPS) is 10.5. The van der Waals surface area contributed by atoms with Crippen molar-refractivity contribution >= 4 is 27.5 Å². The number of ether oxygens (including phenoxy) is 1. The molecule has 0 amide bonds. The second kappa shape index (κ2) is 3.98. The molecule has 0 fully saturated rings. The molecule has 2 heterocycles. The second-order valence-corrected chi connectivity index (χ2v) is 3.68. The van der Waals surface area contributed by atoms with Crippen LogP contribution in [-0.2, 0) is 4.74 Å². The fourth-order valence-electron chi connectivity index (χ4n) is 1.17. The Kier molecular flexibility index (Phi) is 2.68. The summed E-state index contributed by atoms with van der Waals surface area (Å²) < 4.78 is 7.17. The van der Waals surface area contributed by atoms with E-state index in [1.54, 1.807) is 19.3 Å². The van der Waals surface area contributed by atoms with E-state index in [9.17, 15) is 4.79 Å². The van der Waals surface area contributed by atoms with Gasteiger partial charge in [-0.05, 0) is 22.9 Å². The number of rotatable bonds is 2. The van der Waals surface area contributed by atoms with Crippen LogP contribution in [0.3, 0.4) is 0 Å². The van der Waals surface area contributed by atoms with Crippen molar-refractivity contribution in [1.82, 2.24) is 14.6 Å². The Morgan fingerprint density at radius 3 is 3.13 bits per heavy atom. The Balaban J connectivity index is 2.43. The first-order chi connectivity index (χ1) is 7.22. The number of nitrogens with zero attached hydrogens (tertiary/aromatic N) is 3. The van der Waals surface area contributed by atoms with Gasteiger partial charge in [-0.15, -0.1) is 0 Å². The monoisotopic (exact) mass is 269 g/mol. The Bertz CT molecular complexity index is 509. The minimum Gasteiger partial charge on any atom is -0.462 e. The van der Waals surface area contributed by atoms with Crippen LogP contribution in [0.25, 0.3) is 5.65 Å². The first kappa shape index (κ1) is 10.1. The van der Waals surface area contributed by atoms with Crippen molar-refractivity contribution in [2.75, 3.05) is 6.61 Å². The van der Waals surface area contributed by atoms with Crippen LogP contribution in [0.2, 0.25) is 0 Å². The fraction of sp³-hybridized carbons (Fsp3) is 0.222. The highest BCUT2D eigenvalue weighted by atomic mass is 79.9. The van der Waals surface area contributed by atoms with Gasteiger partial charge in [0.15, 0.2) is 5.65 Å². The van der Waals surface area contributed by atoms with Crippen LogP contribution in [0.15, 0.2) is 23.1 Å². The SMILES string of the molecule is CCOC(=O)c1cnc2c(Br)cnn2c1. The van der Waals surface area contributed by atoms with Crippen LogP contribution >= 0.6 is 15.9 Å². The van der Waals surface area contributed by atoms with E-state index in [-0.39, 0.29) is 0 Å². The molecule has 0 saturated carbocycles. The predicted molar refractivity (Wildman–Crippen MR) is 56.6 cm³/mol. The molecule has 2 rings (SSSR count). The molecule has 0 radical (unpaired) electrons. The zero-order chi connectivity index (χ0) is 10.8. The molecule has 0 bridgehead atoms. The molecule has 0 aromatic carbocycles.